The highest BCUT2D eigenvalue weighted by Crippen LogP contribution is 2.22. The van der Waals surface area contributed by atoms with Crippen LogP contribution in [0.2, 0.25) is 0 Å². The van der Waals surface area contributed by atoms with Crippen LogP contribution in [0, 0.1) is 13.5 Å². The smallest absolute Gasteiger partial charge is 0.407 e. The summed E-state index contributed by atoms with van der Waals surface area (Å²) >= 11 is 0. The molecule has 0 aliphatic rings. The summed E-state index contributed by atoms with van der Waals surface area (Å²) < 4.78 is 5.17. The minimum atomic E-state index is -0.449. The Balaban J connectivity index is 2.11. The van der Waals surface area contributed by atoms with Crippen molar-refractivity contribution in [1.29, 1.82) is 0 Å². The lowest BCUT2D eigenvalue weighted by Crippen LogP contribution is -2.33. The molecule has 5 nitrogen and oxygen atoms in total. The standard InChI is InChI=1S/C18H27N3O2/c1-14-13-15(9-10-16(14)19-5)20-11-7-6-8-12-21-17(22)23-18(2,3)4/h9-10,13,20H,6-8,11-12H2,1-4H3,(H,21,22). The molecule has 23 heavy (non-hydrogen) atoms. The summed E-state index contributed by atoms with van der Waals surface area (Å²) in [5.41, 5.74) is 2.28. The quantitative estimate of drug-likeness (QED) is 0.568. The van der Waals surface area contributed by atoms with Gasteiger partial charge in [0.05, 0.1) is 6.57 Å². The summed E-state index contributed by atoms with van der Waals surface area (Å²) in [7, 11) is 0. The van der Waals surface area contributed by atoms with Crippen LogP contribution in [0.3, 0.4) is 0 Å². The van der Waals surface area contributed by atoms with Gasteiger partial charge in [-0.2, -0.15) is 0 Å². The molecule has 0 saturated carbocycles. The third kappa shape index (κ3) is 8.10. The van der Waals surface area contributed by atoms with Crippen molar-refractivity contribution < 1.29 is 9.53 Å². The molecule has 5 heteroatoms. The zero-order valence-electron chi connectivity index (χ0n) is 14.5. The molecule has 0 heterocycles. The van der Waals surface area contributed by atoms with Crippen molar-refractivity contribution in [2.75, 3.05) is 18.4 Å². The molecule has 1 aromatic carbocycles. The molecular weight excluding hydrogens is 290 g/mol. The fourth-order valence-corrected chi connectivity index (χ4v) is 2.05. The van der Waals surface area contributed by atoms with Gasteiger partial charge in [-0.05, 0) is 64.7 Å². The largest absolute Gasteiger partial charge is 0.444 e. The molecule has 1 amide bonds. The second-order valence-corrected chi connectivity index (χ2v) is 6.53. The number of nitrogens with zero attached hydrogens (tertiary/aromatic N) is 1. The van der Waals surface area contributed by atoms with Gasteiger partial charge in [0.1, 0.15) is 5.60 Å². The zero-order chi connectivity index (χ0) is 17.3. The topological polar surface area (TPSA) is 54.7 Å². The van der Waals surface area contributed by atoms with Gasteiger partial charge in [0, 0.05) is 18.8 Å². The van der Waals surface area contributed by atoms with Crippen LogP contribution in [0.15, 0.2) is 18.2 Å². The summed E-state index contributed by atoms with van der Waals surface area (Å²) in [6.45, 7) is 16.0. The molecule has 126 valence electrons. The molecule has 0 aliphatic heterocycles. The number of amides is 1. The Kier molecular flexibility index (Phi) is 7.40. The Hall–Kier alpha value is -2.22. The Morgan fingerprint density at radius 3 is 2.52 bits per heavy atom. The van der Waals surface area contributed by atoms with Crippen molar-refractivity contribution in [3.05, 3.63) is 35.2 Å². The number of nitrogens with one attached hydrogen (secondary N) is 2. The fraction of sp³-hybridized carbons (Fsp3) is 0.556. The minimum absolute atomic E-state index is 0.356. The number of anilines is 1. The molecule has 0 bridgehead atoms. The highest BCUT2D eigenvalue weighted by atomic mass is 16.6. The van der Waals surface area contributed by atoms with Crippen molar-refractivity contribution in [1.82, 2.24) is 5.32 Å². The molecule has 1 aromatic rings. The SMILES string of the molecule is [C-]#[N+]c1ccc(NCCCCCNC(=O)OC(C)(C)C)cc1C. The lowest BCUT2D eigenvalue weighted by molar-refractivity contribution is 0.0527. The van der Waals surface area contributed by atoms with Crippen LogP contribution in [0.1, 0.15) is 45.6 Å². The van der Waals surface area contributed by atoms with E-state index in [4.69, 9.17) is 11.3 Å². The number of hydrogen-bond acceptors (Lipinski definition) is 3. The maximum atomic E-state index is 11.5. The molecule has 1 rings (SSSR count). The van der Waals surface area contributed by atoms with Gasteiger partial charge in [0.2, 0.25) is 0 Å². The monoisotopic (exact) mass is 317 g/mol. The number of unbranched alkanes of at least 4 members (excludes halogenated alkanes) is 2. The summed E-state index contributed by atoms with van der Waals surface area (Å²) in [4.78, 5) is 14.9. The van der Waals surface area contributed by atoms with E-state index in [-0.39, 0.29) is 6.09 Å². The van der Waals surface area contributed by atoms with Gasteiger partial charge < -0.3 is 15.4 Å². The molecule has 0 aromatic heterocycles. The lowest BCUT2D eigenvalue weighted by Gasteiger charge is -2.19. The lowest BCUT2D eigenvalue weighted by atomic mass is 10.1. The molecule has 0 atom stereocenters. The van der Waals surface area contributed by atoms with Crippen molar-refractivity contribution >= 4 is 17.5 Å². The number of ether oxygens (including phenoxy) is 1. The van der Waals surface area contributed by atoms with Crippen LogP contribution in [0.25, 0.3) is 4.85 Å². The second kappa shape index (κ2) is 9.04. The molecular formula is C18H27N3O2. The van der Waals surface area contributed by atoms with Crippen LogP contribution < -0.4 is 10.6 Å². The van der Waals surface area contributed by atoms with Gasteiger partial charge in [0.25, 0.3) is 0 Å². The molecule has 0 saturated heterocycles. The predicted octanol–water partition coefficient (Wildman–Crippen LogP) is 4.65. The third-order valence-corrected chi connectivity index (χ3v) is 3.17. The van der Waals surface area contributed by atoms with E-state index in [0.29, 0.717) is 12.2 Å². The van der Waals surface area contributed by atoms with E-state index in [1.807, 2.05) is 45.9 Å². The van der Waals surface area contributed by atoms with E-state index < -0.39 is 5.60 Å². The number of rotatable bonds is 7. The van der Waals surface area contributed by atoms with Crippen LogP contribution in [-0.2, 0) is 4.74 Å². The first-order valence-electron chi connectivity index (χ1n) is 8.00. The molecule has 0 aliphatic carbocycles. The van der Waals surface area contributed by atoms with Crippen molar-refractivity contribution in [3.8, 4) is 0 Å². The number of alkyl carbamates (subject to hydrolysis) is 1. The van der Waals surface area contributed by atoms with E-state index in [9.17, 15) is 4.79 Å². The minimum Gasteiger partial charge on any atom is -0.444 e. The van der Waals surface area contributed by atoms with Crippen LogP contribution in [-0.4, -0.2) is 24.8 Å². The van der Waals surface area contributed by atoms with E-state index in [1.54, 1.807) is 0 Å². The first kappa shape index (κ1) is 18.8. The summed E-state index contributed by atoms with van der Waals surface area (Å²) in [6, 6.07) is 5.78. The zero-order valence-corrected chi connectivity index (χ0v) is 14.5. The van der Waals surface area contributed by atoms with Crippen LogP contribution in [0.5, 0.6) is 0 Å². The highest BCUT2D eigenvalue weighted by Gasteiger charge is 2.15. The fourth-order valence-electron chi connectivity index (χ4n) is 2.05. The molecule has 0 unspecified atom stereocenters. The highest BCUT2D eigenvalue weighted by molar-refractivity contribution is 5.67. The third-order valence-electron chi connectivity index (χ3n) is 3.17. The molecule has 0 spiro atoms. The maximum Gasteiger partial charge on any atom is 0.407 e. The normalized spacial score (nSPS) is 10.7. The van der Waals surface area contributed by atoms with Gasteiger partial charge in [0.15, 0.2) is 5.69 Å². The average molecular weight is 317 g/mol. The number of benzene rings is 1. The van der Waals surface area contributed by atoms with Crippen molar-refractivity contribution in [3.63, 3.8) is 0 Å². The predicted molar refractivity (Wildman–Crippen MR) is 94.0 cm³/mol. The Morgan fingerprint density at radius 2 is 1.91 bits per heavy atom. The molecule has 0 fully saturated rings. The van der Waals surface area contributed by atoms with E-state index in [1.165, 1.54) is 0 Å². The van der Waals surface area contributed by atoms with E-state index in [0.717, 1.165) is 37.1 Å². The number of carbonyl (C=O) groups is 1. The first-order chi connectivity index (χ1) is 10.8. The van der Waals surface area contributed by atoms with E-state index >= 15 is 0 Å². The summed E-state index contributed by atoms with van der Waals surface area (Å²) in [6.07, 6.45) is 2.63. The van der Waals surface area contributed by atoms with Gasteiger partial charge in [-0.15, -0.1) is 0 Å². The Bertz CT molecular complexity index is 556. The molecule has 2 N–H and O–H groups in total. The van der Waals surface area contributed by atoms with Crippen molar-refractivity contribution in [2.45, 2.75) is 52.6 Å². The van der Waals surface area contributed by atoms with Gasteiger partial charge in [-0.3, -0.25) is 0 Å². The number of carbonyl (C=O) groups excluding carboxylic acids is 1. The van der Waals surface area contributed by atoms with Crippen LogP contribution >= 0.6 is 0 Å². The summed E-state index contributed by atoms with van der Waals surface area (Å²) in [5, 5.41) is 6.11. The van der Waals surface area contributed by atoms with Gasteiger partial charge >= 0.3 is 6.09 Å². The van der Waals surface area contributed by atoms with Crippen molar-refractivity contribution in [2.24, 2.45) is 0 Å². The average Bonchev–Trinajstić information content (AvgIpc) is 2.44. The number of hydrogen-bond donors (Lipinski definition) is 2. The second-order valence-electron chi connectivity index (χ2n) is 6.53. The Morgan fingerprint density at radius 1 is 1.22 bits per heavy atom. The first-order valence-corrected chi connectivity index (χ1v) is 8.00. The molecule has 0 radical (unpaired) electrons. The van der Waals surface area contributed by atoms with Crippen LogP contribution in [0.4, 0.5) is 16.2 Å². The number of aryl methyl sites for hydroxylation is 1. The Labute approximate surface area is 139 Å². The maximum absolute atomic E-state index is 11.5. The van der Waals surface area contributed by atoms with Gasteiger partial charge in [-0.1, -0.05) is 6.07 Å². The summed E-state index contributed by atoms with van der Waals surface area (Å²) in [5.74, 6) is 0. The van der Waals surface area contributed by atoms with E-state index in [2.05, 4.69) is 15.5 Å². The van der Waals surface area contributed by atoms with Gasteiger partial charge in [-0.25, -0.2) is 9.64 Å².